The molecule has 1 amide bonds. The highest BCUT2D eigenvalue weighted by Crippen LogP contribution is 2.21. The van der Waals surface area contributed by atoms with Crippen LogP contribution in [-0.4, -0.2) is 42.1 Å². The third-order valence-corrected chi connectivity index (χ3v) is 4.15. The highest BCUT2D eigenvalue weighted by Gasteiger charge is 2.21. The fraction of sp³-hybridized carbons (Fsp3) is 0.467. The molecule has 21 heavy (non-hydrogen) atoms. The minimum atomic E-state index is -0.195. The predicted octanol–water partition coefficient (Wildman–Crippen LogP) is 1.62. The molecule has 3 N–H and O–H groups in total. The molecule has 6 heteroatoms. The quantitative estimate of drug-likeness (QED) is 0.835. The molecule has 3 rings (SSSR count). The van der Waals surface area contributed by atoms with Crippen molar-refractivity contribution in [3.63, 3.8) is 0 Å². The van der Waals surface area contributed by atoms with Gasteiger partial charge in [-0.2, -0.15) is 0 Å². The average molecular weight is 288 g/mol. The number of amides is 1. The normalized spacial score (nSPS) is 19.2. The van der Waals surface area contributed by atoms with E-state index in [1.165, 1.54) is 12.8 Å². The third kappa shape index (κ3) is 2.85. The highest BCUT2D eigenvalue weighted by molar-refractivity contribution is 6.04. The highest BCUT2D eigenvalue weighted by atomic mass is 16.5. The zero-order valence-corrected chi connectivity index (χ0v) is 12.1. The number of nitrogens with two attached hydrogens (primary N) is 1. The summed E-state index contributed by atoms with van der Waals surface area (Å²) < 4.78 is 5.15. The molecular weight excluding hydrogens is 268 g/mol. The number of hydrogen-bond donors (Lipinski definition) is 2. The lowest BCUT2D eigenvalue weighted by Crippen LogP contribution is -2.32. The average Bonchev–Trinajstić information content (AvgIpc) is 3.05. The van der Waals surface area contributed by atoms with Crippen molar-refractivity contribution in [1.29, 1.82) is 0 Å². The molecule has 0 aliphatic carbocycles. The molecule has 1 aliphatic rings. The van der Waals surface area contributed by atoms with Crippen LogP contribution >= 0.6 is 0 Å². The van der Waals surface area contributed by atoms with Gasteiger partial charge in [0.05, 0.1) is 5.39 Å². The van der Waals surface area contributed by atoms with Crippen molar-refractivity contribution in [2.24, 2.45) is 0 Å². The monoisotopic (exact) mass is 288 g/mol. The summed E-state index contributed by atoms with van der Waals surface area (Å²) in [5.74, 6) is -0.195. The van der Waals surface area contributed by atoms with Crippen LogP contribution in [0, 0.1) is 0 Å². The first-order valence-electron chi connectivity index (χ1n) is 7.28. The van der Waals surface area contributed by atoms with Crippen LogP contribution < -0.4 is 11.1 Å². The van der Waals surface area contributed by atoms with E-state index >= 15 is 0 Å². The first kappa shape index (κ1) is 13.9. The van der Waals surface area contributed by atoms with Gasteiger partial charge in [0.2, 0.25) is 0 Å². The largest absolute Gasteiger partial charge is 0.399 e. The maximum Gasteiger partial charge on any atom is 0.274 e. The van der Waals surface area contributed by atoms with Crippen molar-refractivity contribution in [3.8, 4) is 0 Å². The summed E-state index contributed by atoms with van der Waals surface area (Å²) >= 11 is 0. The number of aromatic nitrogens is 1. The van der Waals surface area contributed by atoms with E-state index in [1.54, 1.807) is 18.2 Å². The van der Waals surface area contributed by atoms with Gasteiger partial charge in [-0.05, 0) is 45.0 Å². The summed E-state index contributed by atoms with van der Waals surface area (Å²) in [6, 6.07) is 5.75. The molecule has 1 aliphatic heterocycles. The van der Waals surface area contributed by atoms with Gasteiger partial charge in [0, 0.05) is 24.3 Å². The summed E-state index contributed by atoms with van der Waals surface area (Å²) in [6.07, 6.45) is 3.41. The molecule has 0 spiro atoms. The molecule has 0 bridgehead atoms. The summed E-state index contributed by atoms with van der Waals surface area (Å²) in [4.78, 5) is 14.5. The fourth-order valence-corrected chi connectivity index (χ4v) is 2.90. The molecule has 0 radical (unpaired) electrons. The van der Waals surface area contributed by atoms with Crippen LogP contribution in [0.1, 0.15) is 29.8 Å². The Morgan fingerprint density at radius 1 is 1.57 bits per heavy atom. The summed E-state index contributed by atoms with van der Waals surface area (Å²) in [5.41, 5.74) is 7.13. The standard InChI is InChI=1S/C15H20N4O2/c1-19-8-2-3-11(19)6-7-17-15(20)14-12-5-4-10(16)9-13(12)21-18-14/h4-5,9,11H,2-3,6-8,16H2,1H3,(H,17,20). The van der Waals surface area contributed by atoms with Crippen molar-refractivity contribution >= 4 is 22.6 Å². The Balaban J connectivity index is 1.62. The number of fused-ring (bicyclic) bond motifs is 1. The number of nitrogens with one attached hydrogen (secondary N) is 1. The summed E-state index contributed by atoms with van der Waals surface area (Å²) in [6.45, 7) is 1.80. The molecule has 1 fully saturated rings. The van der Waals surface area contributed by atoms with Crippen LogP contribution in [0.5, 0.6) is 0 Å². The molecule has 1 atom stereocenters. The lowest BCUT2D eigenvalue weighted by atomic mass is 10.1. The van der Waals surface area contributed by atoms with Gasteiger partial charge in [-0.3, -0.25) is 4.79 Å². The number of hydrogen-bond acceptors (Lipinski definition) is 5. The molecule has 112 valence electrons. The van der Waals surface area contributed by atoms with Crippen molar-refractivity contribution < 1.29 is 9.32 Å². The number of rotatable bonds is 4. The second-order valence-corrected chi connectivity index (χ2v) is 5.61. The second-order valence-electron chi connectivity index (χ2n) is 5.61. The first-order valence-corrected chi connectivity index (χ1v) is 7.28. The van der Waals surface area contributed by atoms with Crippen LogP contribution in [0.2, 0.25) is 0 Å². The molecule has 2 aromatic rings. The number of nitrogens with zero attached hydrogens (tertiary/aromatic N) is 2. The van der Waals surface area contributed by atoms with Crippen LogP contribution in [0.3, 0.4) is 0 Å². The predicted molar refractivity (Wildman–Crippen MR) is 81.0 cm³/mol. The zero-order chi connectivity index (χ0) is 14.8. The van der Waals surface area contributed by atoms with E-state index in [1.807, 2.05) is 0 Å². The molecule has 1 aromatic heterocycles. The van der Waals surface area contributed by atoms with Crippen molar-refractivity contribution in [2.45, 2.75) is 25.3 Å². The molecule has 1 saturated heterocycles. The second kappa shape index (κ2) is 5.73. The van der Waals surface area contributed by atoms with Crippen LogP contribution in [-0.2, 0) is 0 Å². The Labute approximate surface area is 123 Å². The summed E-state index contributed by atoms with van der Waals surface area (Å²) in [7, 11) is 2.13. The molecule has 6 nitrogen and oxygen atoms in total. The van der Waals surface area contributed by atoms with Crippen molar-refractivity contribution in [2.75, 3.05) is 25.9 Å². The van der Waals surface area contributed by atoms with E-state index in [0.29, 0.717) is 34.9 Å². The van der Waals surface area contributed by atoms with Gasteiger partial charge < -0.3 is 20.5 Å². The van der Waals surface area contributed by atoms with Gasteiger partial charge in [0.15, 0.2) is 11.3 Å². The van der Waals surface area contributed by atoms with Crippen LogP contribution in [0.25, 0.3) is 11.0 Å². The number of carbonyl (C=O) groups is 1. The Morgan fingerprint density at radius 2 is 2.43 bits per heavy atom. The Morgan fingerprint density at radius 3 is 3.19 bits per heavy atom. The van der Waals surface area contributed by atoms with Gasteiger partial charge in [-0.15, -0.1) is 0 Å². The van der Waals surface area contributed by atoms with Gasteiger partial charge in [0.1, 0.15) is 0 Å². The molecule has 1 aromatic carbocycles. The van der Waals surface area contributed by atoms with E-state index < -0.39 is 0 Å². The van der Waals surface area contributed by atoms with Gasteiger partial charge in [0.25, 0.3) is 5.91 Å². The minimum absolute atomic E-state index is 0.195. The van der Waals surface area contributed by atoms with E-state index in [0.717, 1.165) is 13.0 Å². The molecular formula is C15H20N4O2. The molecule has 1 unspecified atom stereocenters. The van der Waals surface area contributed by atoms with Gasteiger partial charge >= 0.3 is 0 Å². The maximum absolute atomic E-state index is 12.2. The maximum atomic E-state index is 12.2. The lowest BCUT2D eigenvalue weighted by Gasteiger charge is -2.19. The number of likely N-dealkylation sites (tertiary alicyclic amines) is 1. The third-order valence-electron chi connectivity index (χ3n) is 4.15. The van der Waals surface area contributed by atoms with Gasteiger partial charge in [-0.25, -0.2) is 0 Å². The fourth-order valence-electron chi connectivity index (χ4n) is 2.90. The minimum Gasteiger partial charge on any atom is -0.399 e. The Hall–Kier alpha value is -2.08. The van der Waals surface area contributed by atoms with Crippen molar-refractivity contribution in [3.05, 3.63) is 23.9 Å². The van der Waals surface area contributed by atoms with Crippen LogP contribution in [0.4, 0.5) is 5.69 Å². The lowest BCUT2D eigenvalue weighted by molar-refractivity contribution is 0.0943. The smallest absolute Gasteiger partial charge is 0.274 e. The van der Waals surface area contributed by atoms with E-state index in [4.69, 9.17) is 10.3 Å². The number of anilines is 1. The van der Waals surface area contributed by atoms with E-state index in [2.05, 4.69) is 22.4 Å². The van der Waals surface area contributed by atoms with E-state index in [-0.39, 0.29) is 5.91 Å². The van der Waals surface area contributed by atoms with Crippen LogP contribution in [0.15, 0.2) is 22.7 Å². The SMILES string of the molecule is CN1CCCC1CCNC(=O)c1noc2cc(N)ccc12. The zero-order valence-electron chi connectivity index (χ0n) is 12.1. The number of benzene rings is 1. The number of carbonyl (C=O) groups excluding carboxylic acids is 1. The first-order chi connectivity index (χ1) is 10.1. The Bertz CT molecular complexity index is 652. The molecule has 0 saturated carbocycles. The van der Waals surface area contributed by atoms with E-state index in [9.17, 15) is 4.79 Å². The topological polar surface area (TPSA) is 84.4 Å². The Kier molecular flexibility index (Phi) is 3.79. The number of nitrogen functional groups attached to an aromatic ring is 1. The molecule has 2 heterocycles. The summed E-state index contributed by atoms with van der Waals surface area (Å²) in [5, 5.41) is 7.46. The van der Waals surface area contributed by atoms with Crippen molar-refractivity contribution in [1.82, 2.24) is 15.4 Å². The van der Waals surface area contributed by atoms with Gasteiger partial charge in [-0.1, -0.05) is 5.16 Å².